The summed E-state index contributed by atoms with van der Waals surface area (Å²) in [5.74, 6) is 0.771. The summed E-state index contributed by atoms with van der Waals surface area (Å²) in [4.78, 5) is 20.8. The van der Waals surface area contributed by atoms with Crippen LogP contribution in [-0.4, -0.2) is 22.4 Å². The monoisotopic (exact) mass is 402 g/mol. The molecule has 0 spiro atoms. The number of nitrogens with one attached hydrogen (secondary N) is 2. The van der Waals surface area contributed by atoms with Crippen molar-refractivity contribution in [3.05, 3.63) is 78.4 Å². The molecule has 4 rings (SSSR count). The lowest BCUT2D eigenvalue weighted by atomic mass is 9.81. The maximum absolute atomic E-state index is 13.1. The Bertz CT molecular complexity index is 931. The summed E-state index contributed by atoms with van der Waals surface area (Å²) in [5, 5.41) is 3.32. The standard InChI is InChI=1S/C25H30N4O/c26-16-19-6-8-20(9-7-19)25(30)29-24(14-18-4-2-1-3-5-18)23-15-21(11-13-28-23)22-10-12-27-17-22/h1-5,10-13,15,17,19-20,24,27H,6-9,14,16,26H2,(H,29,30). The zero-order valence-corrected chi connectivity index (χ0v) is 17.3. The van der Waals surface area contributed by atoms with Crippen molar-refractivity contribution in [2.75, 3.05) is 6.54 Å². The predicted molar refractivity (Wildman–Crippen MR) is 120 cm³/mol. The number of hydrogen-bond acceptors (Lipinski definition) is 3. The molecule has 0 aliphatic heterocycles. The first kappa shape index (κ1) is 20.4. The molecule has 156 valence electrons. The van der Waals surface area contributed by atoms with Gasteiger partial charge in [-0.05, 0) is 79.5 Å². The van der Waals surface area contributed by atoms with Crippen molar-refractivity contribution in [2.45, 2.75) is 38.1 Å². The van der Waals surface area contributed by atoms with Crippen LogP contribution in [0.5, 0.6) is 0 Å². The molecule has 4 N–H and O–H groups in total. The summed E-state index contributed by atoms with van der Waals surface area (Å²) < 4.78 is 0. The van der Waals surface area contributed by atoms with Crippen LogP contribution in [0.25, 0.3) is 11.1 Å². The Morgan fingerprint density at radius 3 is 2.60 bits per heavy atom. The zero-order chi connectivity index (χ0) is 20.8. The first-order chi connectivity index (χ1) is 14.7. The molecule has 2 aromatic heterocycles. The molecule has 0 saturated heterocycles. The largest absolute Gasteiger partial charge is 0.367 e. The summed E-state index contributed by atoms with van der Waals surface area (Å²) in [6.45, 7) is 0.723. The number of nitrogens with two attached hydrogens (primary N) is 1. The highest BCUT2D eigenvalue weighted by atomic mass is 16.1. The number of carbonyl (C=O) groups is 1. The van der Waals surface area contributed by atoms with E-state index in [9.17, 15) is 4.79 Å². The lowest BCUT2D eigenvalue weighted by molar-refractivity contribution is -0.127. The third-order valence-corrected chi connectivity index (χ3v) is 6.22. The number of carbonyl (C=O) groups excluding carboxylic acids is 1. The molecule has 1 amide bonds. The van der Waals surface area contributed by atoms with Gasteiger partial charge in [-0.2, -0.15) is 0 Å². The van der Waals surface area contributed by atoms with Crippen LogP contribution in [0.3, 0.4) is 0 Å². The van der Waals surface area contributed by atoms with Crippen LogP contribution in [0.4, 0.5) is 0 Å². The van der Waals surface area contributed by atoms with Crippen LogP contribution in [-0.2, 0) is 11.2 Å². The van der Waals surface area contributed by atoms with Crippen molar-refractivity contribution in [1.82, 2.24) is 15.3 Å². The van der Waals surface area contributed by atoms with Crippen LogP contribution in [0.15, 0.2) is 67.1 Å². The molecule has 1 aliphatic carbocycles. The summed E-state index contributed by atoms with van der Waals surface area (Å²) in [6, 6.07) is 16.2. The molecule has 5 nitrogen and oxygen atoms in total. The Morgan fingerprint density at radius 2 is 1.90 bits per heavy atom. The number of amides is 1. The van der Waals surface area contributed by atoms with Crippen molar-refractivity contribution in [2.24, 2.45) is 17.6 Å². The number of benzene rings is 1. The smallest absolute Gasteiger partial charge is 0.223 e. The van der Waals surface area contributed by atoms with Gasteiger partial charge in [0.05, 0.1) is 11.7 Å². The third kappa shape index (κ3) is 4.97. The van der Waals surface area contributed by atoms with Crippen molar-refractivity contribution >= 4 is 5.91 Å². The first-order valence-electron chi connectivity index (χ1n) is 10.9. The molecule has 0 radical (unpaired) electrons. The molecular formula is C25H30N4O. The van der Waals surface area contributed by atoms with Crippen LogP contribution >= 0.6 is 0 Å². The van der Waals surface area contributed by atoms with Gasteiger partial charge in [-0.15, -0.1) is 0 Å². The number of H-pyrrole nitrogens is 1. The Hall–Kier alpha value is -2.92. The molecule has 1 fully saturated rings. The quantitative estimate of drug-likeness (QED) is 0.553. The Kier molecular flexibility index (Phi) is 6.60. The highest BCUT2D eigenvalue weighted by Gasteiger charge is 2.28. The summed E-state index contributed by atoms with van der Waals surface area (Å²) >= 11 is 0. The van der Waals surface area contributed by atoms with Gasteiger partial charge >= 0.3 is 0 Å². The minimum absolute atomic E-state index is 0.0685. The Morgan fingerprint density at radius 1 is 1.10 bits per heavy atom. The molecular weight excluding hydrogens is 372 g/mol. The van der Waals surface area contributed by atoms with Crippen LogP contribution < -0.4 is 11.1 Å². The summed E-state index contributed by atoms with van der Waals surface area (Å²) in [5.41, 5.74) is 10.1. The fourth-order valence-corrected chi connectivity index (χ4v) is 4.35. The second-order valence-electron chi connectivity index (χ2n) is 8.27. The maximum atomic E-state index is 13.1. The van der Waals surface area contributed by atoms with Crippen molar-refractivity contribution in [3.63, 3.8) is 0 Å². The lowest BCUT2D eigenvalue weighted by Gasteiger charge is -2.28. The summed E-state index contributed by atoms with van der Waals surface area (Å²) in [6.07, 6.45) is 10.3. The number of aromatic amines is 1. The average molecular weight is 403 g/mol. The van der Waals surface area contributed by atoms with Gasteiger partial charge in [0, 0.05) is 24.5 Å². The molecule has 0 bridgehead atoms. The summed E-state index contributed by atoms with van der Waals surface area (Å²) in [7, 11) is 0. The number of nitrogens with zero attached hydrogens (tertiary/aromatic N) is 1. The van der Waals surface area contributed by atoms with E-state index < -0.39 is 0 Å². The van der Waals surface area contributed by atoms with Crippen molar-refractivity contribution in [1.29, 1.82) is 0 Å². The van der Waals surface area contributed by atoms with Gasteiger partial charge in [-0.1, -0.05) is 30.3 Å². The molecule has 1 aromatic carbocycles. The molecule has 1 atom stereocenters. The van der Waals surface area contributed by atoms with Gasteiger partial charge in [0.25, 0.3) is 0 Å². The van der Waals surface area contributed by atoms with E-state index in [-0.39, 0.29) is 17.9 Å². The molecule has 5 heteroatoms. The fraction of sp³-hybridized carbons (Fsp3) is 0.360. The third-order valence-electron chi connectivity index (χ3n) is 6.22. The normalized spacial score (nSPS) is 19.9. The predicted octanol–water partition coefficient (Wildman–Crippen LogP) is 4.24. The van der Waals surface area contributed by atoms with E-state index in [0.717, 1.165) is 49.0 Å². The minimum atomic E-state index is -0.161. The van der Waals surface area contributed by atoms with E-state index in [1.807, 2.05) is 48.9 Å². The average Bonchev–Trinajstić information content (AvgIpc) is 3.34. The van der Waals surface area contributed by atoms with Crippen LogP contribution in [0.2, 0.25) is 0 Å². The van der Waals surface area contributed by atoms with Gasteiger partial charge in [0.2, 0.25) is 5.91 Å². The van der Waals surface area contributed by atoms with Gasteiger partial charge in [-0.25, -0.2) is 0 Å². The van der Waals surface area contributed by atoms with Gasteiger partial charge in [-0.3, -0.25) is 9.78 Å². The molecule has 1 saturated carbocycles. The first-order valence-corrected chi connectivity index (χ1v) is 10.9. The van der Waals surface area contributed by atoms with Gasteiger partial charge in [0.1, 0.15) is 0 Å². The Balaban J connectivity index is 1.54. The van der Waals surface area contributed by atoms with E-state index in [0.29, 0.717) is 12.3 Å². The second-order valence-corrected chi connectivity index (χ2v) is 8.27. The van der Waals surface area contributed by atoms with Crippen molar-refractivity contribution < 1.29 is 4.79 Å². The van der Waals surface area contributed by atoms with Crippen LogP contribution in [0, 0.1) is 11.8 Å². The molecule has 1 unspecified atom stereocenters. The number of pyridine rings is 1. The fourth-order valence-electron chi connectivity index (χ4n) is 4.35. The number of hydrogen-bond donors (Lipinski definition) is 3. The molecule has 3 aromatic rings. The highest BCUT2D eigenvalue weighted by molar-refractivity contribution is 5.79. The zero-order valence-electron chi connectivity index (χ0n) is 17.3. The number of aromatic nitrogens is 2. The molecule has 1 aliphatic rings. The molecule has 2 heterocycles. The minimum Gasteiger partial charge on any atom is -0.367 e. The van der Waals surface area contributed by atoms with E-state index in [1.54, 1.807) is 0 Å². The van der Waals surface area contributed by atoms with E-state index in [4.69, 9.17) is 5.73 Å². The van der Waals surface area contributed by atoms with E-state index in [2.05, 4.69) is 33.5 Å². The van der Waals surface area contributed by atoms with Crippen LogP contribution in [0.1, 0.15) is 43.0 Å². The molecule has 30 heavy (non-hydrogen) atoms. The SMILES string of the molecule is NCC1CCC(C(=O)NC(Cc2ccccc2)c2cc(-c3cc[nH]c3)ccn2)CC1. The second kappa shape index (κ2) is 9.72. The lowest BCUT2D eigenvalue weighted by Crippen LogP contribution is -2.37. The van der Waals surface area contributed by atoms with Crippen molar-refractivity contribution in [3.8, 4) is 11.1 Å². The van der Waals surface area contributed by atoms with E-state index >= 15 is 0 Å². The van der Waals surface area contributed by atoms with Gasteiger partial charge in [0.15, 0.2) is 0 Å². The Labute approximate surface area is 178 Å². The van der Waals surface area contributed by atoms with Gasteiger partial charge < -0.3 is 16.0 Å². The topological polar surface area (TPSA) is 83.8 Å². The highest BCUT2D eigenvalue weighted by Crippen LogP contribution is 2.30. The maximum Gasteiger partial charge on any atom is 0.223 e. The number of rotatable bonds is 7. The van der Waals surface area contributed by atoms with E-state index in [1.165, 1.54) is 5.56 Å².